The summed E-state index contributed by atoms with van der Waals surface area (Å²) in [6.07, 6.45) is 0.273. The number of hydrogen-bond donors (Lipinski definition) is 2. The molecule has 0 bridgehead atoms. The number of aromatic nitrogens is 1. The van der Waals surface area contributed by atoms with Crippen LogP contribution in [0.4, 0.5) is 5.82 Å². The van der Waals surface area contributed by atoms with Gasteiger partial charge in [-0.25, -0.2) is 4.98 Å². The zero-order valence-corrected chi connectivity index (χ0v) is 15.7. The maximum absolute atomic E-state index is 12.2. The van der Waals surface area contributed by atoms with E-state index in [-0.39, 0.29) is 12.3 Å². The first-order valence-electron chi connectivity index (χ1n) is 8.29. The number of hydrogen-bond acceptors (Lipinski definition) is 5. The van der Waals surface area contributed by atoms with Crippen LogP contribution in [0.25, 0.3) is 0 Å². The second-order valence-electron chi connectivity index (χ2n) is 5.85. The highest BCUT2D eigenvalue weighted by molar-refractivity contribution is 6.30. The summed E-state index contributed by atoms with van der Waals surface area (Å²) in [5, 5.41) is 5.69. The molecule has 2 aromatic rings. The predicted octanol–water partition coefficient (Wildman–Crippen LogP) is 2.87. The van der Waals surface area contributed by atoms with Gasteiger partial charge in [0.25, 0.3) is 5.91 Å². The van der Waals surface area contributed by atoms with Gasteiger partial charge in [-0.1, -0.05) is 41.9 Å². The lowest BCUT2D eigenvalue weighted by atomic mass is 10.0. The molecule has 0 fully saturated rings. The van der Waals surface area contributed by atoms with Gasteiger partial charge in [0.05, 0.1) is 17.5 Å². The lowest BCUT2D eigenvalue weighted by Crippen LogP contribution is -2.33. The van der Waals surface area contributed by atoms with Crippen molar-refractivity contribution in [3.8, 4) is 0 Å². The highest BCUT2D eigenvalue weighted by Crippen LogP contribution is 2.18. The Morgan fingerprint density at radius 2 is 1.85 bits per heavy atom. The average molecular weight is 390 g/mol. The summed E-state index contributed by atoms with van der Waals surface area (Å²) in [5.41, 5.74) is 0.770. The molecule has 7 nitrogen and oxygen atoms in total. The first kappa shape index (κ1) is 20.4. The summed E-state index contributed by atoms with van der Waals surface area (Å²) in [4.78, 5) is 39.7. The van der Waals surface area contributed by atoms with Gasteiger partial charge in [0.15, 0.2) is 6.10 Å². The van der Waals surface area contributed by atoms with Gasteiger partial charge in [-0.3, -0.25) is 14.4 Å². The van der Waals surface area contributed by atoms with Crippen LogP contribution >= 0.6 is 11.6 Å². The van der Waals surface area contributed by atoms with Crippen molar-refractivity contribution in [2.24, 2.45) is 0 Å². The Kier molecular flexibility index (Phi) is 7.31. The van der Waals surface area contributed by atoms with E-state index in [0.29, 0.717) is 10.8 Å². The fraction of sp³-hybridized carbons (Fsp3) is 0.263. The van der Waals surface area contributed by atoms with Gasteiger partial charge in [0.1, 0.15) is 5.82 Å². The molecule has 2 N–H and O–H groups in total. The highest BCUT2D eigenvalue weighted by Gasteiger charge is 2.22. The largest absolute Gasteiger partial charge is 0.452 e. The molecule has 1 aromatic carbocycles. The van der Waals surface area contributed by atoms with Crippen molar-refractivity contribution in [3.63, 3.8) is 0 Å². The maximum atomic E-state index is 12.2. The molecule has 0 unspecified atom stereocenters. The van der Waals surface area contributed by atoms with Crippen LogP contribution < -0.4 is 10.6 Å². The highest BCUT2D eigenvalue weighted by atomic mass is 35.5. The monoisotopic (exact) mass is 389 g/mol. The van der Waals surface area contributed by atoms with Crippen molar-refractivity contribution in [1.82, 2.24) is 10.3 Å². The Bertz CT molecular complexity index is 796. The first-order chi connectivity index (χ1) is 12.8. The van der Waals surface area contributed by atoms with Crippen LogP contribution in [-0.2, 0) is 19.1 Å². The lowest BCUT2D eigenvalue weighted by molar-refractivity contribution is -0.153. The van der Waals surface area contributed by atoms with Crippen LogP contribution in [0.2, 0.25) is 5.02 Å². The minimum absolute atomic E-state index is 0.0968. The predicted molar refractivity (Wildman–Crippen MR) is 101 cm³/mol. The van der Waals surface area contributed by atoms with Gasteiger partial charge in [-0.2, -0.15) is 0 Å². The molecule has 0 saturated carbocycles. The third-order valence-electron chi connectivity index (χ3n) is 3.61. The third-order valence-corrected chi connectivity index (χ3v) is 3.83. The van der Waals surface area contributed by atoms with E-state index in [0.717, 1.165) is 5.56 Å². The molecule has 1 heterocycles. The molecule has 2 rings (SSSR count). The van der Waals surface area contributed by atoms with Crippen LogP contribution in [0.15, 0.2) is 48.7 Å². The number of carbonyl (C=O) groups excluding carboxylic acids is 3. The summed E-state index contributed by atoms with van der Waals surface area (Å²) >= 11 is 5.74. The fourth-order valence-corrected chi connectivity index (χ4v) is 2.44. The second kappa shape index (κ2) is 9.68. The molecule has 27 heavy (non-hydrogen) atoms. The van der Waals surface area contributed by atoms with Gasteiger partial charge >= 0.3 is 5.97 Å². The molecular formula is C19H20ClN3O4. The zero-order chi connectivity index (χ0) is 19.8. The van der Waals surface area contributed by atoms with Crippen LogP contribution in [-0.4, -0.2) is 28.9 Å². The number of halogens is 1. The number of anilines is 1. The molecule has 0 aliphatic heterocycles. The van der Waals surface area contributed by atoms with E-state index < -0.39 is 24.0 Å². The number of esters is 1. The van der Waals surface area contributed by atoms with Crippen LogP contribution in [0.1, 0.15) is 31.9 Å². The van der Waals surface area contributed by atoms with Crippen molar-refractivity contribution in [2.75, 3.05) is 5.32 Å². The molecule has 0 aliphatic carbocycles. The topological polar surface area (TPSA) is 97.4 Å². The SMILES string of the molecule is CC(=O)N[C@@H](CC(=O)O[C@H](C)C(=O)Nc1ccc(Cl)cn1)c1ccccc1. The van der Waals surface area contributed by atoms with Gasteiger partial charge in [-0.05, 0) is 24.6 Å². The summed E-state index contributed by atoms with van der Waals surface area (Å²) in [5.74, 6) is -1.10. The molecular weight excluding hydrogens is 370 g/mol. The van der Waals surface area contributed by atoms with E-state index in [1.807, 2.05) is 18.2 Å². The Balaban J connectivity index is 1.94. The van der Waals surface area contributed by atoms with E-state index in [9.17, 15) is 14.4 Å². The van der Waals surface area contributed by atoms with E-state index >= 15 is 0 Å². The minimum Gasteiger partial charge on any atom is -0.452 e. The number of ether oxygens (including phenoxy) is 1. The van der Waals surface area contributed by atoms with Gasteiger partial charge in [0.2, 0.25) is 5.91 Å². The third kappa shape index (κ3) is 6.71. The van der Waals surface area contributed by atoms with Crippen molar-refractivity contribution in [3.05, 3.63) is 59.2 Å². The summed E-state index contributed by atoms with van der Waals surface area (Å²) in [7, 11) is 0. The summed E-state index contributed by atoms with van der Waals surface area (Å²) in [6.45, 7) is 2.83. The standard InChI is InChI=1S/C19H20ClN3O4/c1-12(19(26)23-17-9-8-15(20)11-21-17)27-18(25)10-16(22-13(2)24)14-6-4-3-5-7-14/h3-9,11-12,16H,10H2,1-2H3,(H,22,24)(H,21,23,26)/t12-,16+/m1/s1. The van der Waals surface area contributed by atoms with Gasteiger partial charge < -0.3 is 15.4 Å². The van der Waals surface area contributed by atoms with E-state index in [1.54, 1.807) is 18.2 Å². The Morgan fingerprint density at radius 1 is 1.15 bits per heavy atom. The fourth-order valence-electron chi connectivity index (χ4n) is 2.33. The number of amides is 2. The number of pyridine rings is 1. The van der Waals surface area contributed by atoms with E-state index in [1.165, 1.54) is 26.1 Å². The lowest BCUT2D eigenvalue weighted by Gasteiger charge is -2.19. The zero-order valence-electron chi connectivity index (χ0n) is 14.9. The molecule has 0 aliphatic rings. The molecule has 8 heteroatoms. The molecule has 0 saturated heterocycles. The minimum atomic E-state index is -1.02. The van der Waals surface area contributed by atoms with Crippen molar-refractivity contribution in [1.29, 1.82) is 0 Å². The molecule has 0 radical (unpaired) electrons. The van der Waals surface area contributed by atoms with E-state index in [2.05, 4.69) is 15.6 Å². The van der Waals surface area contributed by atoms with E-state index in [4.69, 9.17) is 16.3 Å². The number of nitrogens with zero attached hydrogens (tertiary/aromatic N) is 1. The summed E-state index contributed by atoms with van der Waals surface area (Å²) < 4.78 is 5.19. The Labute approximate surface area is 162 Å². The molecule has 0 spiro atoms. The Morgan fingerprint density at radius 3 is 2.44 bits per heavy atom. The number of carbonyl (C=O) groups is 3. The first-order valence-corrected chi connectivity index (χ1v) is 8.67. The second-order valence-corrected chi connectivity index (χ2v) is 6.29. The smallest absolute Gasteiger partial charge is 0.309 e. The van der Waals surface area contributed by atoms with Gasteiger partial charge in [0, 0.05) is 13.1 Å². The van der Waals surface area contributed by atoms with Crippen LogP contribution in [0, 0.1) is 0 Å². The maximum Gasteiger partial charge on any atom is 0.309 e. The molecule has 1 aromatic heterocycles. The number of rotatable bonds is 7. The average Bonchev–Trinajstić information content (AvgIpc) is 2.63. The van der Waals surface area contributed by atoms with Crippen molar-refractivity contribution < 1.29 is 19.1 Å². The molecule has 2 atom stereocenters. The molecule has 142 valence electrons. The number of benzene rings is 1. The normalized spacial score (nSPS) is 12.6. The molecule has 2 amide bonds. The summed E-state index contributed by atoms with van der Waals surface area (Å²) in [6, 6.07) is 11.6. The van der Waals surface area contributed by atoms with Crippen LogP contribution in [0.5, 0.6) is 0 Å². The number of nitrogens with one attached hydrogen (secondary N) is 2. The van der Waals surface area contributed by atoms with Crippen molar-refractivity contribution >= 4 is 35.2 Å². The quantitative estimate of drug-likeness (QED) is 0.709. The van der Waals surface area contributed by atoms with Gasteiger partial charge in [-0.15, -0.1) is 0 Å². The Hall–Kier alpha value is -2.93. The van der Waals surface area contributed by atoms with Crippen LogP contribution in [0.3, 0.4) is 0 Å². The van der Waals surface area contributed by atoms with Crippen molar-refractivity contribution in [2.45, 2.75) is 32.4 Å².